The Labute approximate surface area is 470 Å². The average molecular weight is 1060 g/mol. The van der Waals surface area contributed by atoms with E-state index in [0.29, 0.717) is 19.3 Å². The highest BCUT2D eigenvalue weighted by atomic mass is 16.6. The molecule has 76 heavy (non-hydrogen) atoms. The summed E-state index contributed by atoms with van der Waals surface area (Å²) in [6.07, 6.45) is 86.8. The van der Waals surface area contributed by atoms with E-state index < -0.39 is 6.10 Å². The van der Waals surface area contributed by atoms with E-state index in [1.165, 1.54) is 141 Å². The van der Waals surface area contributed by atoms with Gasteiger partial charge in [0.2, 0.25) is 0 Å². The molecule has 0 aliphatic heterocycles. The standard InChI is InChI=1S/C70H118O6/c1-4-7-10-13-16-19-22-25-28-29-30-31-32-33-34-35-36-37-38-39-40-41-43-45-48-51-54-57-60-63-69(72)75-66-67(65-74-68(71)62-59-56-53-50-47-44-27-24-21-18-15-12-9-6-3)76-70(73)64-61-58-55-52-49-46-42-26-23-20-17-14-11-8-5-2/h7-8,10-11,16-17,19-20,24-28,30-31,42,49,52,67H,4-6,9,12-15,18,21-23,29,32-41,43-48,50-51,53-66H2,1-3H3/b10-7-,11-8-,19-16-,20-17-,27-24-,28-25-,31-30-,42-26-,52-49-. The summed E-state index contributed by atoms with van der Waals surface area (Å²) >= 11 is 0. The lowest BCUT2D eigenvalue weighted by Gasteiger charge is -2.18. The van der Waals surface area contributed by atoms with Gasteiger partial charge in [0, 0.05) is 19.3 Å². The summed E-state index contributed by atoms with van der Waals surface area (Å²) in [5.41, 5.74) is 0. The molecule has 0 aromatic carbocycles. The van der Waals surface area contributed by atoms with E-state index in [1.54, 1.807) is 0 Å². The SMILES string of the molecule is CC/C=C\C/C=C\C/C=C\C/C=C\CCCCCCCCCCCCCCCCCCC(=O)OCC(COC(=O)CCCCCCC/C=C\CCCCCCC)OC(=O)CCCC/C=C\C/C=C\C/C=C\C/C=C\CC. The van der Waals surface area contributed by atoms with Gasteiger partial charge in [-0.25, -0.2) is 0 Å². The molecule has 0 fully saturated rings. The fourth-order valence-electron chi connectivity index (χ4n) is 8.77. The highest BCUT2D eigenvalue weighted by Gasteiger charge is 2.19. The summed E-state index contributed by atoms with van der Waals surface area (Å²) in [5, 5.41) is 0. The van der Waals surface area contributed by atoms with Crippen LogP contribution in [0.25, 0.3) is 0 Å². The van der Waals surface area contributed by atoms with E-state index in [2.05, 4.69) is 130 Å². The lowest BCUT2D eigenvalue weighted by molar-refractivity contribution is -0.167. The maximum atomic E-state index is 12.9. The predicted octanol–water partition coefficient (Wildman–Crippen LogP) is 21.8. The molecule has 0 rings (SSSR count). The lowest BCUT2D eigenvalue weighted by atomic mass is 10.0. The zero-order valence-corrected chi connectivity index (χ0v) is 49.7. The van der Waals surface area contributed by atoms with Crippen LogP contribution in [0.4, 0.5) is 0 Å². The third kappa shape index (κ3) is 60.9. The molecule has 0 aromatic rings. The van der Waals surface area contributed by atoms with Crippen LogP contribution in [0.5, 0.6) is 0 Å². The second kappa shape index (κ2) is 63.6. The fraction of sp³-hybridized carbons (Fsp3) is 0.700. The van der Waals surface area contributed by atoms with Crippen molar-refractivity contribution in [1.82, 2.24) is 0 Å². The van der Waals surface area contributed by atoms with E-state index in [4.69, 9.17) is 14.2 Å². The van der Waals surface area contributed by atoms with Gasteiger partial charge in [0.15, 0.2) is 6.10 Å². The van der Waals surface area contributed by atoms with Crippen molar-refractivity contribution < 1.29 is 28.6 Å². The van der Waals surface area contributed by atoms with Crippen LogP contribution in [-0.4, -0.2) is 37.2 Å². The molecular formula is C70H118O6. The lowest BCUT2D eigenvalue weighted by Crippen LogP contribution is -2.30. The second-order valence-electron chi connectivity index (χ2n) is 20.9. The highest BCUT2D eigenvalue weighted by Crippen LogP contribution is 2.16. The Hall–Kier alpha value is -3.93. The highest BCUT2D eigenvalue weighted by molar-refractivity contribution is 5.71. The normalized spacial score (nSPS) is 12.8. The number of esters is 3. The Balaban J connectivity index is 4.27. The molecule has 434 valence electrons. The molecule has 0 aromatic heterocycles. The maximum absolute atomic E-state index is 12.9. The molecule has 0 N–H and O–H groups in total. The molecule has 0 radical (unpaired) electrons. The third-order valence-electron chi connectivity index (χ3n) is 13.5. The number of hydrogen-bond donors (Lipinski definition) is 0. The van der Waals surface area contributed by atoms with Crippen molar-refractivity contribution in [2.45, 2.75) is 303 Å². The zero-order chi connectivity index (χ0) is 55.0. The average Bonchev–Trinajstić information content (AvgIpc) is 3.42. The van der Waals surface area contributed by atoms with Crippen LogP contribution in [0.2, 0.25) is 0 Å². The van der Waals surface area contributed by atoms with E-state index in [-0.39, 0.29) is 37.5 Å². The maximum Gasteiger partial charge on any atom is 0.306 e. The molecule has 0 heterocycles. The van der Waals surface area contributed by atoms with Crippen LogP contribution in [0.3, 0.4) is 0 Å². The minimum absolute atomic E-state index is 0.0964. The Bertz CT molecular complexity index is 1540. The molecule has 0 spiro atoms. The smallest absolute Gasteiger partial charge is 0.306 e. The van der Waals surface area contributed by atoms with Crippen molar-refractivity contribution >= 4 is 17.9 Å². The third-order valence-corrected chi connectivity index (χ3v) is 13.5. The number of hydrogen-bond acceptors (Lipinski definition) is 6. The number of rotatable bonds is 57. The molecule has 6 heteroatoms. The van der Waals surface area contributed by atoms with Crippen molar-refractivity contribution in [2.24, 2.45) is 0 Å². The molecular weight excluding hydrogens is 937 g/mol. The fourth-order valence-corrected chi connectivity index (χ4v) is 8.77. The Morgan fingerprint density at radius 3 is 0.842 bits per heavy atom. The monoisotopic (exact) mass is 1050 g/mol. The second-order valence-corrected chi connectivity index (χ2v) is 20.9. The number of carbonyl (C=O) groups is 3. The molecule has 0 amide bonds. The number of unbranched alkanes of at least 4 members (excludes halogenated alkanes) is 28. The molecule has 1 atom stereocenters. The van der Waals surface area contributed by atoms with E-state index in [9.17, 15) is 14.4 Å². The van der Waals surface area contributed by atoms with Crippen LogP contribution in [-0.2, 0) is 28.6 Å². The van der Waals surface area contributed by atoms with Gasteiger partial charge >= 0.3 is 17.9 Å². The van der Waals surface area contributed by atoms with Crippen molar-refractivity contribution in [3.8, 4) is 0 Å². The van der Waals surface area contributed by atoms with Crippen LogP contribution in [0.1, 0.15) is 297 Å². The summed E-state index contributed by atoms with van der Waals surface area (Å²) < 4.78 is 16.9. The van der Waals surface area contributed by atoms with Gasteiger partial charge in [-0.15, -0.1) is 0 Å². The van der Waals surface area contributed by atoms with Crippen molar-refractivity contribution in [3.05, 3.63) is 109 Å². The first kappa shape index (κ1) is 72.1. The van der Waals surface area contributed by atoms with E-state index in [1.807, 2.05) is 0 Å². The van der Waals surface area contributed by atoms with Crippen LogP contribution >= 0.6 is 0 Å². The van der Waals surface area contributed by atoms with Gasteiger partial charge in [-0.1, -0.05) is 265 Å². The summed E-state index contributed by atoms with van der Waals surface area (Å²) in [5.74, 6) is -0.940. The summed E-state index contributed by atoms with van der Waals surface area (Å²) in [7, 11) is 0. The Kier molecular flexibility index (Phi) is 60.3. The van der Waals surface area contributed by atoms with Crippen LogP contribution in [0.15, 0.2) is 109 Å². The van der Waals surface area contributed by atoms with Gasteiger partial charge in [-0.2, -0.15) is 0 Å². The summed E-state index contributed by atoms with van der Waals surface area (Å²) in [4.78, 5) is 38.2. The number of ether oxygens (including phenoxy) is 3. The van der Waals surface area contributed by atoms with E-state index in [0.717, 1.165) is 109 Å². The summed E-state index contributed by atoms with van der Waals surface area (Å²) in [6, 6.07) is 0. The van der Waals surface area contributed by atoms with Crippen LogP contribution < -0.4 is 0 Å². The Morgan fingerprint density at radius 2 is 0.513 bits per heavy atom. The van der Waals surface area contributed by atoms with Gasteiger partial charge in [-0.05, 0) is 122 Å². The quantitative estimate of drug-likeness (QED) is 0.0261. The zero-order valence-electron chi connectivity index (χ0n) is 49.7. The Morgan fingerprint density at radius 1 is 0.276 bits per heavy atom. The van der Waals surface area contributed by atoms with Crippen molar-refractivity contribution in [2.75, 3.05) is 13.2 Å². The molecule has 6 nitrogen and oxygen atoms in total. The van der Waals surface area contributed by atoms with Gasteiger partial charge < -0.3 is 14.2 Å². The summed E-state index contributed by atoms with van der Waals surface area (Å²) in [6.45, 7) is 6.38. The van der Waals surface area contributed by atoms with Gasteiger partial charge in [-0.3, -0.25) is 14.4 Å². The minimum atomic E-state index is -0.804. The molecule has 0 saturated heterocycles. The van der Waals surface area contributed by atoms with Gasteiger partial charge in [0.05, 0.1) is 0 Å². The number of allylic oxidation sites excluding steroid dienone is 18. The first-order valence-electron chi connectivity index (χ1n) is 31.9. The molecule has 0 aliphatic rings. The molecule has 0 saturated carbocycles. The van der Waals surface area contributed by atoms with Gasteiger partial charge in [0.1, 0.15) is 13.2 Å². The first-order valence-corrected chi connectivity index (χ1v) is 31.9. The van der Waals surface area contributed by atoms with Gasteiger partial charge in [0.25, 0.3) is 0 Å². The predicted molar refractivity (Wildman–Crippen MR) is 330 cm³/mol. The number of carbonyl (C=O) groups excluding carboxylic acids is 3. The molecule has 0 aliphatic carbocycles. The molecule has 0 bridgehead atoms. The van der Waals surface area contributed by atoms with Crippen molar-refractivity contribution in [3.63, 3.8) is 0 Å². The molecule has 1 unspecified atom stereocenters. The van der Waals surface area contributed by atoms with Crippen LogP contribution in [0, 0.1) is 0 Å². The van der Waals surface area contributed by atoms with Crippen molar-refractivity contribution in [1.29, 1.82) is 0 Å². The largest absolute Gasteiger partial charge is 0.462 e. The first-order chi connectivity index (χ1) is 37.5. The topological polar surface area (TPSA) is 78.9 Å². The van der Waals surface area contributed by atoms with E-state index >= 15 is 0 Å². The minimum Gasteiger partial charge on any atom is -0.462 e.